The van der Waals surface area contributed by atoms with Gasteiger partial charge in [-0.15, -0.1) is 0 Å². The number of hydrogen-bond donors (Lipinski definition) is 2. The number of nitrogens with zero attached hydrogens (tertiary/aromatic N) is 2. The Kier molecular flexibility index (Phi) is 5.14. The number of aliphatic hydroxyl groups excluding tert-OH is 1. The molecule has 0 aliphatic carbocycles. The highest BCUT2D eigenvalue weighted by atomic mass is 16.5. The number of aryl methyl sites for hydroxylation is 1. The van der Waals surface area contributed by atoms with Crippen LogP contribution in [0, 0.1) is 0 Å². The monoisotopic (exact) mass is 281 g/mol. The number of ether oxygens (including phenoxy) is 1. The third kappa shape index (κ3) is 4.05. The van der Waals surface area contributed by atoms with E-state index in [1.165, 1.54) is 0 Å². The molecule has 6 nitrogen and oxygen atoms in total. The van der Waals surface area contributed by atoms with E-state index < -0.39 is 6.10 Å². The molecule has 0 aromatic carbocycles. The Balaban J connectivity index is 1.73. The van der Waals surface area contributed by atoms with Crippen molar-refractivity contribution in [1.82, 2.24) is 15.1 Å². The van der Waals surface area contributed by atoms with Gasteiger partial charge in [-0.1, -0.05) is 0 Å². The number of aromatic nitrogens is 2. The molecule has 1 amide bonds. The smallest absolute Gasteiger partial charge is 0.222 e. The molecule has 2 rings (SSSR count). The normalized spacial score (nSPS) is 22.7. The summed E-state index contributed by atoms with van der Waals surface area (Å²) < 4.78 is 5.61. The van der Waals surface area contributed by atoms with Crippen molar-refractivity contribution in [3.63, 3.8) is 0 Å². The Labute approximate surface area is 119 Å². The topological polar surface area (TPSA) is 78.5 Å². The third-order valence-corrected chi connectivity index (χ3v) is 3.45. The average molecular weight is 281 g/mol. The van der Waals surface area contributed by atoms with E-state index in [0.29, 0.717) is 19.5 Å². The zero-order valence-corrected chi connectivity index (χ0v) is 12.1. The predicted octanol–water partition coefficient (Wildman–Crippen LogP) is 0.729. The second-order valence-corrected chi connectivity index (χ2v) is 5.55. The van der Waals surface area contributed by atoms with Gasteiger partial charge >= 0.3 is 0 Å². The summed E-state index contributed by atoms with van der Waals surface area (Å²) in [6.07, 6.45) is 4.97. The minimum Gasteiger partial charge on any atom is -0.388 e. The number of amides is 1. The number of carbonyl (C=O) groups is 1. The molecule has 1 aromatic heterocycles. The Bertz CT molecular complexity index is 419. The van der Waals surface area contributed by atoms with E-state index >= 15 is 0 Å². The maximum atomic E-state index is 12.1. The lowest BCUT2D eigenvalue weighted by Gasteiger charge is -2.18. The van der Waals surface area contributed by atoms with Gasteiger partial charge in [-0.05, 0) is 32.3 Å². The summed E-state index contributed by atoms with van der Waals surface area (Å²) in [4.78, 5) is 13.8. The van der Waals surface area contributed by atoms with Gasteiger partial charge in [0.25, 0.3) is 0 Å². The zero-order valence-electron chi connectivity index (χ0n) is 12.1. The van der Waals surface area contributed by atoms with E-state index in [0.717, 1.165) is 18.4 Å². The highest BCUT2D eigenvalue weighted by molar-refractivity contribution is 5.76. The Morgan fingerprint density at radius 1 is 1.60 bits per heavy atom. The largest absolute Gasteiger partial charge is 0.388 e. The van der Waals surface area contributed by atoms with Crippen molar-refractivity contribution in [2.24, 2.45) is 0 Å². The first-order valence-electron chi connectivity index (χ1n) is 7.15. The number of hydrogen-bond acceptors (Lipinski definition) is 4. The van der Waals surface area contributed by atoms with Crippen molar-refractivity contribution in [3.05, 3.63) is 18.0 Å². The summed E-state index contributed by atoms with van der Waals surface area (Å²) in [6, 6.07) is 0. The van der Waals surface area contributed by atoms with E-state index in [9.17, 15) is 9.90 Å². The number of aromatic amines is 1. The molecular weight excluding hydrogens is 258 g/mol. The van der Waals surface area contributed by atoms with Gasteiger partial charge in [0.2, 0.25) is 5.91 Å². The lowest BCUT2D eigenvalue weighted by atomic mass is 10.1. The van der Waals surface area contributed by atoms with Crippen LogP contribution in [0.3, 0.4) is 0 Å². The molecule has 0 bridgehead atoms. The van der Waals surface area contributed by atoms with E-state index in [1.807, 2.05) is 20.0 Å². The molecule has 1 fully saturated rings. The fourth-order valence-electron chi connectivity index (χ4n) is 2.46. The number of β-amino-alcohol motifs (C(OH)–C–C–N with tert-alkyl or cyclic N) is 1. The molecule has 112 valence electrons. The third-order valence-electron chi connectivity index (χ3n) is 3.45. The Morgan fingerprint density at radius 3 is 3.05 bits per heavy atom. The molecule has 2 atom stereocenters. The van der Waals surface area contributed by atoms with Crippen LogP contribution >= 0.6 is 0 Å². The fourth-order valence-corrected chi connectivity index (χ4v) is 2.46. The summed E-state index contributed by atoms with van der Waals surface area (Å²) in [5.74, 6) is 0.0856. The summed E-state index contributed by atoms with van der Waals surface area (Å²) in [6.45, 7) is 4.73. The first-order valence-corrected chi connectivity index (χ1v) is 7.15. The second-order valence-electron chi connectivity index (χ2n) is 5.55. The minimum absolute atomic E-state index is 0.0609. The molecule has 0 spiro atoms. The summed E-state index contributed by atoms with van der Waals surface area (Å²) in [7, 11) is 0. The summed E-state index contributed by atoms with van der Waals surface area (Å²) >= 11 is 0. The van der Waals surface area contributed by atoms with Gasteiger partial charge in [0, 0.05) is 25.7 Å². The van der Waals surface area contributed by atoms with Crippen molar-refractivity contribution < 1.29 is 14.6 Å². The molecule has 1 aliphatic rings. The van der Waals surface area contributed by atoms with Gasteiger partial charge in [-0.25, -0.2) is 0 Å². The molecule has 2 heterocycles. The van der Waals surface area contributed by atoms with Gasteiger partial charge in [0.05, 0.1) is 18.4 Å². The number of carbonyl (C=O) groups excluding carboxylic acids is 1. The van der Waals surface area contributed by atoms with Crippen LogP contribution < -0.4 is 0 Å². The van der Waals surface area contributed by atoms with E-state index in [1.54, 1.807) is 11.1 Å². The number of H-pyrrole nitrogens is 1. The van der Waals surface area contributed by atoms with Crippen LogP contribution in [0.15, 0.2) is 12.4 Å². The van der Waals surface area contributed by atoms with Crippen molar-refractivity contribution in [2.45, 2.75) is 51.4 Å². The zero-order chi connectivity index (χ0) is 14.5. The molecular formula is C14H23N3O3. The molecule has 1 aliphatic heterocycles. The number of aliphatic hydroxyl groups is 1. The van der Waals surface area contributed by atoms with Gasteiger partial charge in [0.1, 0.15) is 6.10 Å². The van der Waals surface area contributed by atoms with Gasteiger partial charge < -0.3 is 14.7 Å². The van der Waals surface area contributed by atoms with Gasteiger partial charge in [-0.2, -0.15) is 5.10 Å². The molecule has 0 saturated carbocycles. The number of rotatable bonds is 6. The maximum Gasteiger partial charge on any atom is 0.222 e. The average Bonchev–Trinajstić information content (AvgIpc) is 3.00. The van der Waals surface area contributed by atoms with Crippen LogP contribution in [0.25, 0.3) is 0 Å². The molecule has 0 radical (unpaired) electrons. The standard InChI is InChI=1S/C14H23N3O3/c1-10(2)20-13-9-17(8-12(13)18)14(19)5-3-4-11-6-15-16-7-11/h6-7,10,12-13,18H,3-5,8-9H2,1-2H3,(H,15,16)/t12-,13-/m0/s1. The highest BCUT2D eigenvalue weighted by Gasteiger charge is 2.34. The maximum absolute atomic E-state index is 12.1. The van der Waals surface area contributed by atoms with Crippen molar-refractivity contribution in [3.8, 4) is 0 Å². The van der Waals surface area contributed by atoms with Crippen molar-refractivity contribution in [1.29, 1.82) is 0 Å². The Hall–Kier alpha value is -1.40. The number of nitrogens with one attached hydrogen (secondary N) is 1. The lowest BCUT2D eigenvalue weighted by molar-refractivity contribution is -0.131. The van der Waals surface area contributed by atoms with Crippen molar-refractivity contribution in [2.75, 3.05) is 13.1 Å². The highest BCUT2D eigenvalue weighted by Crippen LogP contribution is 2.17. The van der Waals surface area contributed by atoms with Crippen LogP contribution in [0.5, 0.6) is 0 Å². The fraction of sp³-hybridized carbons (Fsp3) is 0.714. The Morgan fingerprint density at radius 2 is 2.40 bits per heavy atom. The van der Waals surface area contributed by atoms with E-state index in [2.05, 4.69) is 10.2 Å². The quantitative estimate of drug-likeness (QED) is 0.805. The summed E-state index contributed by atoms with van der Waals surface area (Å²) in [5.41, 5.74) is 1.11. The van der Waals surface area contributed by atoms with Crippen LogP contribution in [0.2, 0.25) is 0 Å². The first kappa shape index (κ1) is 15.0. The molecule has 6 heteroatoms. The van der Waals surface area contributed by atoms with Crippen LogP contribution in [-0.2, 0) is 16.0 Å². The minimum atomic E-state index is -0.574. The SMILES string of the molecule is CC(C)O[C@H]1CN(C(=O)CCCc2cn[nH]c2)C[C@@H]1O. The predicted molar refractivity (Wildman–Crippen MR) is 74.1 cm³/mol. The van der Waals surface area contributed by atoms with Crippen LogP contribution in [0.4, 0.5) is 0 Å². The van der Waals surface area contributed by atoms with Crippen molar-refractivity contribution >= 4 is 5.91 Å². The molecule has 1 aromatic rings. The molecule has 0 unspecified atom stereocenters. The summed E-state index contributed by atoms with van der Waals surface area (Å²) in [5, 5.41) is 16.5. The molecule has 2 N–H and O–H groups in total. The molecule has 1 saturated heterocycles. The number of likely N-dealkylation sites (tertiary alicyclic amines) is 1. The second kappa shape index (κ2) is 6.85. The van der Waals surface area contributed by atoms with E-state index in [-0.39, 0.29) is 18.1 Å². The lowest BCUT2D eigenvalue weighted by Crippen LogP contribution is -2.31. The van der Waals surface area contributed by atoms with E-state index in [4.69, 9.17) is 4.74 Å². The van der Waals surface area contributed by atoms with Gasteiger partial charge in [-0.3, -0.25) is 9.89 Å². The first-order chi connectivity index (χ1) is 9.56. The molecule has 20 heavy (non-hydrogen) atoms. The van der Waals surface area contributed by atoms with Crippen LogP contribution in [-0.4, -0.2) is 57.5 Å². The van der Waals surface area contributed by atoms with Gasteiger partial charge in [0.15, 0.2) is 0 Å². The van der Waals surface area contributed by atoms with Crippen LogP contribution in [0.1, 0.15) is 32.3 Å².